The molecule has 0 fully saturated rings. The molecule has 0 bridgehead atoms. The third-order valence-electron chi connectivity index (χ3n) is 4.29. The van der Waals surface area contributed by atoms with Crippen molar-refractivity contribution < 1.29 is 28.5 Å². The Balaban J connectivity index is 1.78. The lowest BCUT2D eigenvalue weighted by atomic mass is 10.1. The van der Waals surface area contributed by atoms with Gasteiger partial charge >= 0.3 is 5.97 Å². The molecule has 0 aliphatic heterocycles. The number of amides is 1. The lowest BCUT2D eigenvalue weighted by Gasteiger charge is -2.12. The topological polar surface area (TPSA) is 83.1 Å². The number of carbonyl (C=O) groups is 2. The molecule has 0 atom stereocenters. The molecule has 160 valence electrons. The molecule has 7 heteroatoms. The molecule has 2 aromatic rings. The molecule has 2 aromatic carbocycles. The number of esters is 1. The molecule has 7 nitrogen and oxygen atoms in total. The molecule has 0 aromatic heterocycles. The number of ether oxygens (including phenoxy) is 4. The summed E-state index contributed by atoms with van der Waals surface area (Å²) in [5, 5.41) is 2.74. The van der Waals surface area contributed by atoms with Gasteiger partial charge in [-0.2, -0.15) is 0 Å². The number of nitrogens with one attached hydrogen (secondary N) is 1. The Morgan fingerprint density at radius 2 is 1.60 bits per heavy atom. The first kappa shape index (κ1) is 22.8. The molecule has 30 heavy (non-hydrogen) atoms. The van der Waals surface area contributed by atoms with Crippen LogP contribution < -0.4 is 19.5 Å². The molecule has 0 aliphatic carbocycles. The van der Waals surface area contributed by atoms with Gasteiger partial charge in [0.25, 0.3) is 5.91 Å². The minimum absolute atomic E-state index is 0.336. The third-order valence-corrected chi connectivity index (χ3v) is 4.29. The van der Waals surface area contributed by atoms with E-state index in [9.17, 15) is 9.59 Å². The van der Waals surface area contributed by atoms with Crippen LogP contribution in [-0.2, 0) is 20.7 Å². The largest absolute Gasteiger partial charge is 0.496 e. The SMILES string of the molecule is COc1cc(OC)c(OC)cc1/C=C/C(=O)OCC(=O)NCCCc1ccccc1. The Morgan fingerprint density at radius 3 is 2.27 bits per heavy atom. The maximum Gasteiger partial charge on any atom is 0.331 e. The van der Waals surface area contributed by atoms with Crippen LogP contribution in [0.3, 0.4) is 0 Å². The summed E-state index contributed by atoms with van der Waals surface area (Å²) in [6.45, 7) is 0.182. The Morgan fingerprint density at radius 1 is 0.933 bits per heavy atom. The van der Waals surface area contributed by atoms with Crippen molar-refractivity contribution in [3.05, 3.63) is 59.7 Å². The van der Waals surface area contributed by atoms with Crippen LogP contribution >= 0.6 is 0 Å². The summed E-state index contributed by atoms with van der Waals surface area (Å²) in [4.78, 5) is 23.8. The highest BCUT2D eigenvalue weighted by molar-refractivity contribution is 5.89. The number of methoxy groups -OCH3 is 3. The number of hydrogen-bond donors (Lipinski definition) is 1. The van der Waals surface area contributed by atoms with Crippen molar-refractivity contribution in [2.75, 3.05) is 34.5 Å². The minimum atomic E-state index is -0.633. The average Bonchev–Trinajstić information content (AvgIpc) is 2.79. The van der Waals surface area contributed by atoms with Crippen LogP contribution in [0, 0.1) is 0 Å². The van der Waals surface area contributed by atoms with Gasteiger partial charge in [-0.3, -0.25) is 4.79 Å². The highest BCUT2D eigenvalue weighted by Crippen LogP contribution is 2.35. The van der Waals surface area contributed by atoms with Gasteiger partial charge in [-0.25, -0.2) is 4.79 Å². The van der Waals surface area contributed by atoms with E-state index in [2.05, 4.69) is 5.32 Å². The number of hydrogen-bond acceptors (Lipinski definition) is 6. The second-order valence-corrected chi connectivity index (χ2v) is 6.33. The van der Waals surface area contributed by atoms with Crippen molar-refractivity contribution in [1.29, 1.82) is 0 Å². The smallest absolute Gasteiger partial charge is 0.331 e. The molecule has 0 saturated carbocycles. The van der Waals surface area contributed by atoms with E-state index in [4.69, 9.17) is 18.9 Å². The standard InChI is InChI=1S/C23H27NO6/c1-27-19-15-21(29-3)20(28-2)14-18(19)11-12-23(26)30-16-22(25)24-13-7-10-17-8-5-4-6-9-17/h4-6,8-9,11-12,14-15H,7,10,13,16H2,1-3H3,(H,24,25)/b12-11+. The van der Waals surface area contributed by atoms with E-state index in [0.29, 0.717) is 29.4 Å². The molecule has 0 spiro atoms. The van der Waals surface area contributed by atoms with E-state index in [1.165, 1.54) is 39.0 Å². The zero-order valence-corrected chi connectivity index (χ0v) is 17.5. The first-order chi connectivity index (χ1) is 14.6. The fourth-order valence-electron chi connectivity index (χ4n) is 2.74. The number of benzene rings is 2. The zero-order valence-electron chi connectivity index (χ0n) is 17.5. The fourth-order valence-corrected chi connectivity index (χ4v) is 2.74. The van der Waals surface area contributed by atoms with Crippen molar-refractivity contribution in [2.45, 2.75) is 12.8 Å². The Hall–Kier alpha value is -3.48. The van der Waals surface area contributed by atoms with Crippen molar-refractivity contribution in [2.24, 2.45) is 0 Å². The van der Waals surface area contributed by atoms with Crippen LogP contribution in [0.5, 0.6) is 17.2 Å². The Kier molecular flexibility index (Phi) is 9.24. The van der Waals surface area contributed by atoms with E-state index in [1.807, 2.05) is 30.3 Å². The number of carbonyl (C=O) groups excluding carboxylic acids is 2. The van der Waals surface area contributed by atoms with Gasteiger partial charge in [-0.15, -0.1) is 0 Å². The summed E-state index contributed by atoms with van der Waals surface area (Å²) in [6, 6.07) is 13.4. The monoisotopic (exact) mass is 413 g/mol. The van der Waals surface area contributed by atoms with Crippen molar-refractivity contribution >= 4 is 18.0 Å². The maximum atomic E-state index is 11.9. The van der Waals surface area contributed by atoms with Gasteiger partial charge in [0.2, 0.25) is 0 Å². The van der Waals surface area contributed by atoms with Crippen LogP contribution in [0.4, 0.5) is 0 Å². The Bertz CT molecular complexity index is 863. The van der Waals surface area contributed by atoms with E-state index < -0.39 is 5.97 Å². The molecule has 0 radical (unpaired) electrons. The lowest BCUT2D eigenvalue weighted by Crippen LogP contribution is -2.29. The molecule has 2 rings (SSSR count). The number of aryl methyl sites for hydroxylation is 1. The first-order valence-corrected chi connectivity index (χ1v) is 9.52. The highest BCUT2D eigenvalue weighted by atomic mass is 16.5. The normalized spacial score (nSPS) is 10.5. The van der Waals surface area contributed by atoms with Gasteiger partial charge < -0.3 is 24.3 Å². The molecular weight excluding hydrogens is 386 g/mol. The molecule has 0 saturated heterocycles. The summed E-state index contributed by atoms with van der Waals surface area (Å²) in [5.74, 6) is 0.548. The molecule has 0 aliphatic rings. The quantitative estimate of drug-likeness (QED) is 0.346. The average molecular weight is 413 g/mol. The highest BCUT2D eigenvalue weighted by Gasteiger charge is 2.11. The van der Waals surface area contributed by atoms with Crippen molar-refractivity contribution in [3.63, 3.8) is 0 Å². The summed E-state index contributed by atoms with van der Waals surface area (Å²) in [7, 11) is 4.56. The molecule has 0 heterocycles. The molecular formula is C23H27NO6. The lowest BCUT2D eigenvalue weighted by molar-refractivity contribution is -0.143. The van der Waals surface area contributed by atoms with E-state index in [-0.39, 0.29) is 12.5 Å². The fraction of sp³-hybridized carbons (Fsp3) is 0.304. The maximum absolute atomic E-state index is 11.9. The minimum Gasteiger partial charge on any atom is -0.496 e. The van der Waals surface area contributed by atoms with Gasteiger partial charge in [0.1, 0.15) is 5.75 Å². The summed E-state index contributed by atoms with van der Waals surface area (Å²) in [5.41, 5.74) is 1.83. The van der Waals surface area contributed by atoms with Crippen molar-refractivity contribution in [3.8, 4) is 17.2 Å². The second kappa shape index (κ2) is 12.2. The van der Waals surface area contributed by atoms with Gasteiger partial charge in [-0.1, -0.05) is 30.3 Å². The van der Waals surface area contributed by atoms with E-state index in [0.717, 1.165) is 12.8 Å². The zero-order chi connectivity index (χ0) is 21.8. The van der Waals surface area contributed by atoms with Crippen LogP contribution in [0.2, 0.25) is 0 Å². The van der Waals surface area contributed by atoms with Gasteiger partial charge in [0.05, 0.1) is 21.3 Å². The van der Waals surface area contributed by atoms with Crippen molar-refractivity contribution in [1.82, 2.24) is 5.32 Å². The van der Waals surface area contributed by atoms with Gasteiger partial charge in [0.15, 0.2) is 18.1 Å². The van der Waals surface area contributed by atoms with Gasteiger partial charge in [0, 0.05) is 24.3 Å². The van der Waals surface area contributed by atoms with E-state index >= 15 is 0 Å². The summed E-state index contributed by atoms with van der Waals surface area (Å²) in [6.07, 6.45) is 4.44. The number of rotatable bonds is 11. The van der Waals surface area contributed by atoms with Crippen LogP contribution in [-0.4, -0.2) is 46.4 Å². The van der Waals surface area contributed by atoms with Crippen LogP contribution in [0.25, 0.3) is 6.08 Å². The van der Waals surface area contributed by atoms with E-state index in [1.54, 1.807) is 12.1 Å². The summed E-state index contributed by atoms with van der Waals surface area (Å²) >= 11 is 0. The Labute approximate surface area is 176 Å². The van der Waals surface area contributed by atoms with Crippen LogP contribution in [0.15, 0.2) is 48.5 Å². The molecule has 1 amide bonds. The molecule has 0 unspecified atom stereocenters. The molecule has 1 N–H and O–H groups in total. The second-order valence-electron chi connectivity index (χ2n) is 6.33. The van der Waals surface area contributed by atoms with Crippen LogP contribution in [0.1, 0.15) is 17.5 Å². The third kappa shape index (κ3) is 7.16. The predicted molar refractivity (Wildman–Crippen MR) is 114 cm³/mol. The summed E-state index contributed by atoms with van der Waals surface area (Å²) < 4.78 is 20.8. The van der Waals surface area contributed by atoms with Gasteiger partial charge in [-0.05, 0) is 30.5 Å². The first-order valence-electron chi connectivity index (χ1n) is 9.52. The predicted octanol–water partition coefficient (Wildman–Crippen LogP) is 3.02.